The van der Waals surface area contributed by atoms with Gasteiger partial charge < -0.3 is 28.5 Å². The number of carboxylic acid groups (broad SMARTS) is 1. The third kappa shape index (κ3) is 75.7. The van der Waals surface area contributed by atoms with Crippen LogP contribution >= 0.6 is 0 Å². The molecule has 0 aromatic carbocycles. The van der Waals surface area contributed by atoms with Crippen LogP contribution in [0.2, 0.25) is 0 Å². The van der Waals surface area contributed by atoms with Gasteiger partial charge in [0.2, 0.25) is 0 Å². The lowest BCUT2D eigenvalue weighted by Crippen LogP contribution is -2.40. The van der Waals surface area contributed by atoms with Gasteiger partial charge in [0, 0.05) is 12.8 Å². The lowest BCUT2D eigenvalue weighted by Gasteiger charge is -2.25. The average molecular weight is 1300 g/mol. The molecule has 9 nitrogen and oxygen atoms in total. The van der Waals surface area contributed by atoms with E-state index in [9.17, 15) is 19.5 Å². The van der Waals surface area contributed by atoms with E-state index >= 15 is 0 Å². The quantitative estimate of drug-likeness (QED) is 0.0278. The highest BCUT2D eigenvalue weighted by Gasteiger charge is 2.25. The third-order valence-electron chi connectivity index (χ3n) is 19.6. The molecule has 0 saturated carbocycles. The fourth-order valence-corrected chi connectivity index (χ4v) is 13.3. The fourth-order valence-electron chi connectivity index (χ4n) is 13.3. The number of carbonyl (C=O) groups is 3. The van der Waals surface area contributed by atoms with Gasteiger partial charge in [0.25, 0.3) is 6.29 Å². The van der Waals surface area contributed by atoms with Gasteiger partial charge in [-0.25, -0.2) is 4.79 Å². The van der Waals surface area contributed by atoms with Gasteiger partial charge in [0.15, 0.2) is 6.10 Å². The van der Waals surface area contributed by atoms with Crippen molar-refractivity contribution in [2.45, 2.75) is 469 Å². The molecule has 548 valence electrons. The zero-order valence-corrected chi connectivity index (χ0v) is 63.0. The molecule has 0 bridgehead atoms. The summed E-state index contributed by atoms with van der Waals surface area (Å²) >= 11 is 0. The molecule has 1 N–H and O–H groups in total. The molecule has 0 aromatic rings. The van der Waals surface area contributed by atoms with Crippen molar-refractivity contribution in [2.75, 3.05) is 47.5 Å². The fraction of sp³-hybridized carbons (Fsp3) is 0.964. The Morgan fingerprint density at radius 2 is 0.489 bits per heavy atom. The molecule has 9 heteroatoms. The van der Waals surface area contributed by atoms with Crippen molar-refractivity contribution in [1.82, 2.24) is 0 Å². The number of esters is 2. The topological polar surface area (TPSA) is 108 Å². The number of carbonyl (C=O) groups excluding carboxylic acids is 2. The minimum absolute atomic E-state index is 0.172. The molecule has 0 fully saturated rings. The van der Waals surface area contributed by atoms with Crippen molar-refractivity contribution in [2.24, 2.45) is 0 Å². The highest BCUT2D eigenvalue weighted by Crippen LogP contribution is 2.21. The predicted octanol–water partition coefficient (Wildman–Crippen LogP) is 26.5. The Labute approximate surface area is 574 Å². The van der Waals surface area contributed by atoms with Gasteiger partial charge in [0.1, 0.15) is 13.2 Å². The Bertz CT molecular complexity index is 1470. The van der Waals surface area contributed by atoms with Gasteiger partial charge in [-0.3, -0.25) is 9.59 Å². The normalized spacial score (nSPS) is 12.5. The minimum atomic E-state index is -1.51. The van der Waals surface area contributed by atoms with E-state index in [1.54, 1.807) is 0 Å². The van der Waals surface area contributed by atoms with E-state index in [1.807, 2.05) is 21.1 Å². The second kappa shape index (κ2) is 75.1. The molecule has 0 aromatic heterocycles. The van der Waals surface area contributed by atoms with E-state index in [0.29, 0.717) is 17.4 Å². The number of ether oxygens (including phenoxy) is 4. The maximum absolute atomic E-state index is 13.0. The molecular formula is C83H164NO8+. The summed E-state index contributed by atoms with van der Waals surface area (Å²) in [6.07, 6.45) is 90.0. The number of aliphatic carboxylic acids is 1. The zero-order chi connectivity index (χ0) is 66.8. The summed E-state index contributed by atoms with van der Waals surface area (Å²) in [6, 6.07) is 0. The SMILES string of the molecule is CCCCCCCCCCCCCCCCCCCCCCCCCCCCCCCCCCCCCCCCC(=O)OC(COC(=O)CCCCCCCCCCCCCCCCCCCCCCCCCCCCCCC)COC(OCC[N+](C)(C)C)C(=O)O. The van der Waals surface area contributed by atoms with Crippen molar-refractivity contribution in [1.29, 1.82) is 0 Å². The molecular weight excluding hydrogens is 1140 g/mol. The van der Waals surface area contributed by atoms with Crippen LogP contribution in [0.3, 0.4) is 0 Å². The van der Waals surface area contributed by atoms with Gasteiger partial charge >= 0.3 is 17.9 Å². The van der Waals surface area contributed by atoms with Gasteiger partial charge in [-0.1, -0.05) is 431 Å². The summed E-state index contributed by atoms with van der Waals surface area (Å²) in [5.41, 5.74) is 0. The van der Waals surface area contributed by atoms with Crippen LogP contribution in [0.1, 0.15) is 457 Å². The van der Waals surface area contributed by atoms with Gasteiger partial charge in [-0.05, 0) is 12.8 Å². The van der Waals surface area contributed by atoms with E-state index < -0.39 is 18.4 Å². The largest absolute Gasteiger partial charge is 0.477 e. The number of nitrogens with zero attached hydrogens (tertiary/aromatic N) is 1. The van der Waals surface area contributed by atoms with E-state index in [1.165, 1.54) is 392 Å². The Kier molecular flexibility index (Phi) is 73.7. The second-order valence-corrected chi connectivity index (χ2v) is 30.2. The maximum Gasteiger partial charge on any atom is 0.361 e. The Morgan fingerprint density at radius 1 is 0.283 bits per heavy atom. The Hall–Kier alpha value is -1.71. The van der Waals surface area contributed by atoms with Crippen LogP contribution in [0.5, 0.6) is 0 Å². The molecule has 0 heterocycles. The summed E-state index contributed by atoms with van der Waals surface area (Å²) in [5, 5.41) is 9.78. The highest BCUT2D eigenvalue weighted by atomic mass is 16.7. The smallest absolute Gasteiger partial charge is 0.361 e. The maximum atomic E-state index is 13.0. The average Bonchev–Trinajstić information content (AvgIpc) is 3.52. The Morgan fingerprint density at radius 3 is 0.696 bits per heavy atom. The molecule has 0 aliphatic heterocycles. The molecule has 0 rings (SSSR count). The third-order valence-corrected chi connectivity index (χ3v) is 19.6. The first kappa shape index (κ1) is 90.3. The predicted molar refractivity (Wildman–Crippen MR) is 397 cm³/mol. The number of hydrogen-bond donors (Lipinski definition) is 1. The van der Waals surface area contributed by atoms with Crippen LogP contribution in [0, 0.1) is 0 Å². The van der Waals surface area contributed by atoms with E-state index in [4.69, 9.17) is 18.9 Å². The molecule has 92 heavy (non-hydrogen) atoms. The minimum Gasteiger partial charge on any atom is -0.477 e. The molecule has 0 aliphatic carbocycles. The summed E-state index contributed by atoms with van der Waals surface area (Å²) in [6.45, 7) is 4.99. The number of unbranched alkanes of at least 4 members (excludes halogenated alkanes) is 65. The second-order valence-electron chi connectivity index (χ2n) is 30.2. The lowest BCUT2D eigenvalue weighted by atomic mass is 10.0. The first-order valence-electron chi connectivity index (χ1n) is 41.7. The van der Waals surface area contributed by atoms with Crippen LogP contribution in [0.15, 0.2) is 0 Å². The van der Waals surface area contributed by atoms with Crippen LogP contribution in [-0.4, -0.2) is 87.4 Å². The molecule has 0 amide bonds. The summed E-state index contributed by atoms with van der Waals surface area (Å²) in [5.74, 6) is -1.96. The van der Waals surface area contributed by atoms with Gasteiger partial charge in [-0.15, -0.1) is 0 Å². The summed E-state index contributed by atoms with van der Waals surface area (Å²) < 4.78 is 23.1. The number of likely N-dealkylation sites (N-methyl/N-ethyl adjacent to an activating group) is 1. The molecule has 0 spiro atoms. The summed E-state index contributed by atoms with van der Waals surface area (Å²) in [7, 11) is 6.01. The van der Waals surface area contributed by atoms with Gasteiger partial charge in [-0.2, -0.15) is 0 Å². The van der Waals surface area contributed by atoms with Crippen molar-refractivity contribution < 1.29 is 42.9 Å². The Balaban J connectivity index is 3.91. The monoisotopic (exact) mass is 1300 g/mol. The number of quaternary nitrogens is 1. The van der Waals surface area contributed by atoms with E-state index in [0.717, 1.165) is 38.5 Å². The number of carboxylic acids is 1. The standard InChI is InChI=1S/C83H163NO8/c1-6-8-10-12-14-16-18-20-22-24-26-28-30-32-34-36-37-38-39-40-41-42-43-44-46-48-50-52-54-56-58-60-62-64-66-68-70-72-74-81(86)92-79(78-91-83(82(87)88)89-76-75-84(3,4)5)77-90-80(85)73-71-69-67-65-63-61-59-57-55-53-51-49-47-45-35-33-31-29-27-25-23-21-19-17-15-13-11-9-7-2/h79,83H,6-78H2,1-5H3/p+1. The van der Waals surface area contributed by atoms with Crippen molar-refractivity contribution in [3.05, 3.63) is 0 Å². The summed E-state index contributed by atoms with van der Waals surface area (Å²) in [4.78, 5) is 37.7. The van der Waals surface area contributed by atoms with Crippen LogP contribution in [0.25, 0.3) is 0 Å². The molecule has 0 aliphatic rings. The van der Waals surface area contributed by atoms with Crippen LogP contribution in [0.4, 0.5) is 0 Å². The van der Waals surface area contributed by atoms with Crippen molar-refractivity contribution in [3.8, 4) is 0 Å². The number of hydrogen-bond acceptors (Lipinski definition) is 7. The van der Waals surface area contributed by atoms with Gasteiger partial charge in [0.05, 0.1) is 34.4 Å². The van der Waals surface area contributed by atoms with E-state index in [2.05, 4.69) is 13.8 Å². The van der Waals surface area contributed by atoms with E-state index in [-0.39, 0.29) is 38.2 Å². The van der Waals surface area contributed by atoms with Crippen molar-refractivity contribution in [3.63, 3.8) is 0 Å². The zero-order valence-electron chi connectivity index (χ0n) is 63.0. The number of rotatable bonds is 80. The first-order valence-corrected chi connectivity index (χ1v) is 41.7. The lowest BCUT2D eigenvalue weighted by molar-refractivity contribution is -0.870. The molecule has 2 unspecified atom stereocenters. The molecule has 0 saturated heterocycles. The van der Waals surface area contributed by atoms with Crippen molar-refractivity contribution >= 4 is 17.9 Å². The molecule has 2 atom stereocenters. The molecule has 0 radical (unpaired) electrons. The van der Waals surface area contributed by atoms with Crippen LogP contribution < -0.4 is 0 Å². The highest BCUT2D eigenvalue weighted by molar-refractivity contribution is 5.71. The van der Waals surface area contributed by atoms with Crippen LogP contribution in [-0.2, 0) is 33.3 Å². The first-order chi connectivity index (χ1) is 45.1.